The second-order valence-corrected chi connectivity index (χ2v) is 9.84. The van der Waals surface area contributed by atoms with Gasteiger partial charge in [0.25, 0.3) is 0 Å². The molecule has 2 unspecified atom stereocenters. The second-order valence-electron chi connectivity index (χ2n) is 7.58. The third-order valence-electron chi connectivity index (χ3n) is 4.31. The summed E-state index contributed by atoms with van der Waals surface area (Å²) in [6.45, 7) is 11.0. The zero-order chi connectivity index (χ0) is 18.2. The van der Waals surface area contributed by atoms with E-state index in [9.17, 15) is 8.42 Å². The molecule has 0 bridgehead atoms. The van der Waals surface area contributed by atoms with Crippen LogP contribution in [-0.2, 0) is 9.84 Å². The highest BCUT2D eigenvalue weighted by Gasteiger charge is 2.20. The van der Waals surface area contributed by atoms with E-state index in [1.54, 1.807) is 7.05 Å². The SMILES string of the molecule is CN=C(NCC1CCCN(CC(C)C)C1)NC(C)CCS(C)(=O)=O. The van der Waals surface area contributed by atoms with E-state index in [-0.39, 0.29) is 11.8 Å². The highest BCUT2D eigenvalue weighted by molar-refractivity contribution is 7.90. The van der Waals surface area contributed by atoms with E-state index in [0.29, 0.717) is 18.3 Å². The normalized spacial score (nSPS) is 21.8. The van der Waals surface area contributed by atoms with Crippen LogP contribution in [0.3, 0.4) is 0 Å². The molecule has 0 radical (unpaired) electrons. The summed E-state index contributed by atoms with van der Waals surface area (Å²) in [5.74, 6) is 2.31. The standard InChI is InChI=1S/C17H36N4O2S/c1-14(2)12-21-9-6-7-16(13-21)11-19-17(18-4)20-15(3)8-10-24(5,22)23/h14-16H,6-13H2,1-5H3,(H2,18,19,20). The highest BCUT2D eigenvalue weighted by atomic mass is 32.2. The maximum atomic E-state index is 11.3. The van der Waals surface area contributed by atoms with Crippen LogP contribution in [0.15, 0.2) is 4.99 Å². The van der Waals surface area contributed by atoms with Crippen LogP contribution >= 0.6 is 0 Å². The first-order valence-electron chi connectivity index (χ1n) is 9.07. The molecule has 0 amide bonds. The van der Waals surface area contributed by atoms with Crippen molar-refractivity contribution in [3.05, 3.63) is 0 Å². The summed E-state index contributed by atoms with van der Waals surface area (Å²) >= 11 is 0. The molecule has 0 saturated carbocycles. The van der Waals surface area contributed by atoms with Gasteiger partial charge in [-0.1, -0.05) is 13.8 Å². The number of piperidine rings is 1. The zero-order valence-electron chi connectivity index (χ0n) is 16.0. The Kier molecular flexibility index (Phi) is 9.05. The van der Waals surface area contributed by atoms with Gasteiger partial charge in [0.05, 0.1) is 5.75 Å². The molecule has 6 nitrogen and oxygen atoms in total. The van der Waals surface area contributed by atoms with Crippen molar-refractivity contribution in [3.8, 4) is 0 Å². The summed E-state index contributed by atoms with van der Waals surface area (Å²) in [7, 11) is -1.16. The molecule has 2 N–H and O–H groups in total. The number of nitrogens with one attached hydrogen (secondary N) is 2. The zero-order valence-corrected chi connectivity index (χ0v) is 16.8. The Morgan fingerprint density at radius 3 is 2.62 bits per heavy atom. The molecule has 24 heavy (non-hydrogen) atoms. The molecule has 0 aliphatic carbocycles. The van der Waals surface area contributed by atoms with Gasteiger partial charge < -0.3 is 15.5 Å². The summed E-state index contributed by atoms with van der Waals surface area (Å²) in [5.41, 5.74) is 0. The van der Waals surface area contributed by atoms with Crippen molar-refractivity contribution in [2.75, 3.05) is 45.2 Å². The number of rotatable bonds is 8. The van der Waals surface area contributed by atoms with Crippen LogP contribution in [0.1, 0.15) is 40.0 Å². The molecular formula is C17H36N4O2S. The molecule has 1 heterocycles. The Labute approximate surface area is 148 Å². The van der Waals surface area contributed by atoms with Gasteiger partial charge in [0.15, 0.2) is 5.96 Å². The Bertz CT molecular complexity index is 491. The molecule has 0 aromatic heterocycles. The number of aliphatic imine (C=N–C) groups is 1. The fourth-order valence-electron chi connectivity index (χ4n) is 3.13. The van der Waals surface area contributed by atoms with Crippen molar-refractivity contribution >= 4 is 15.8 Å². The minimum Gasteiger partial charge on any atom is -0.356 e. The van der Waals surface area contributed by atoms with Gasteiger partial charge in [-0.3, -0.25) is 4.99 Å². The first-order valence-corrected chi connectivity index (χ1v) is 11.1. The molecule has 7 heteroatoms. The summed E-state index contributed by atoms with van der Waals surface area (Å²) < 4.78 is 22.5. The lowest BCUT2D eigenvalue weighted by Crippen LogP contribution is -2.47. The summed E-state index contributed by atoms with van der Waals surface area (Å²) in [4.78, 5) is 6.82. The van der Waals surface area contributed by atoms with Crippen LogP contribution < -0.4 is 10.6 Å². The average molecular weight is 361 g/mol. The predicted molar refractivity (Wildman–Crippen MR) is 102 cm³/mol. The number of hydrogen-bond acceptors (Lipinski definition) is 4. The molecule has 142 valence electrons. The molecule has 0 spiro atoms. The van der Waals surface area contributed by atoms with Crippen LogP contribution in [-0.4, -0.2) is 70.6 Å². The van der Waals surface area contributed by atoms with E-state index in [4.69, 9.17) is 0 Å². The van der Waals surface area contributed by atoms with Gasteiger partial charge in [-0.05, 0) is 44.6 Å². The quantitative estimate of drug-likeness (QED) is 0.505. The molecule has 1 aliphatic heterocycles. The Balaban J connectivity index is 2.35. The monoisotopic (exact) mass is 360 g/mol. The van der Waals surface area contributed by atoms with Crippen LogP contribution in [0.2, 0.25) is 0 Å². The predicted octanol–water partition coefficient (Wildman–Crippen LogP) is 1.34. The third-order valence-corrected chi connectivity index (χ3v) is 5.29. The van der Waals surface area contributed by atoms with Gasteiger partial charge in [-0.15, -0.1) is 0 Å². The molecule has 1 fully saturated rings. The molecular weight excluding hydrogens is 324 g/mol. The first-order chi connectivity index (χ1) is 11.2. The number of likely N-dealkylation sites (tertiary alicyclic amines) is 1. The van der Waals surface area contributed by atoms with Crippen molar-refractivity contribution in [2.24, 2.45) is 16.8 Å². The van der Waals surface area contributed by atoms with Gasteiger partial charge in [-0.2, -0.15) is 0 Å². The maximum absolute atomic E-state index is 11.3. The van der Waals surface area contributed by atoms with Crippen LogP contribution in [0, 0.1) is 11.8 Å². The van der Waals surface area contributed by atoms with Gasteiger partial charge in [-0.25, -0.2) is 8.42 Å². The lowest BCUT2D eigenvalue weighted by atomic mass is 9.97. The van der Waals surface area contributed by atoms with E-state index in [2.05, 4.69) is 34.4 Å². The van der Waals surface area contributed by atoms with Crippen LogP contribution in [0.25, 0.3) is 0 Å². The van der Waals surface area contributed by atoms with Crippen LogP contribution in [0.5, 0.6) is 0 Å². The van der Waals surface area contributed by atoms with Crippen molar-refractivity contribution in [3.63, 3.8) is 0 Å². The number of guanidine groups is 1. The highest BCUT2D eigenvalue weighted by Crippen LogP contribution is 2.16. The van der Waals surface area contributed by atoms with Gasteiger partial charge in [0.1, 0.15) is 9.84 Å². The molecule has 0 aromatic carbocycles. The lowest BCUT2D eigenvalue weighted by molar-refractivity contribution is 0.159. The number of hydrogen-bond donors (Lipinski definition) is 2. The fraction of sp³-hybridized carbons (Fsp3) is 0.941. The average Bonchev–Trinajstić information content (AvgIpc) is 2.48. The smallest absolute Gasteiger partial charge is 0.191 e. The van der Waals surface area contributed by atoms with E-state index >= 15 is 0 Å². The second kappa shape index (κ2) is 10.2. The first kappa shape index (κ1) is 21.2. The summed E-state index contributed by atoms with van der Waals surface area (Å²) in [6.07, 6.45) is 4.38. The fourth-order valence-corrected chi connectivity index (χ4v) is 3.91. The third kappa shape index (κ3) is 9.47. The van der Waals surface area contributed by atoms with Crippen molar-refractivity contribution in [1.82, 2.24) is 15.5 Å². The lowest BCUT2D eigenvalue weighted by Gasteiger charge is -2.34. The van der Waals surface area contributed by atoms with Gasteiger partial charge in [0, 0.05) is 39.0 Å². The van der Waals surface area contributed by atoms with E-state index in [1.165, 1.54) is 32.2 Å². The Morgan fingerprint density at radius 2 is 2.04 bits per heavy atom. The van der Waals surface area contributed by atoms with Crippen LogP contribution in [0.4, 0.5) is 0 Å². The molecule has 2 atom stereocenters. The van der Waals surface area contributed by atoms with Crippen molar-refractivity contribution in [1.29, 1.82) is 0 Å². The molecule has 0 aromatic rings. The molecule has 1 rings (SSSR count). The minimum absolute atomic E-state index is 0.0784. The van der Waals surface area contributed by atoms with Crippen molar-refractivity contribution < 1.29 is 8.42 Å². The number of sulfone groups is 1. The van der Waals surface area contributed by atoms with Crippen molar-refractivity contribution in [2.45, 2.75) is 46.1 Å². The largest absolute Gasteiger partial charge is 0.356 e. The van der Waals surface area contributed by atoms with E-state index in [1.807, 2.05) is 6.92 Å². The number of nitrogens with zero attached hydrogens (tertiary/aromatic N) is 2. The van der Waals surface area contributed by atoms with E-state index in [0.717, 1.165) is 19.0 Å². The summed E-state index contributed by atoms with van der Waals surface area (Å²) in [6, 6.07) is 0.0784. The Hall–Kier alpha value is -0.820. The molecule has 1 saturated heterocycles. The Morgan fingerprint density at radius 1 is 1.33 bits per heavy atom. The van der Waals surface area contributed by atoms with Gasteiger partial charge >= 0.3 is 0 Å². The van der Waals surface area contributed by atoms with Gasteiger partial charge in [0.2, 0.25) is 0 Å². The summed E-state index contributed by atoms with van der Waals surface area (Å²) in [5, 5.41) is 6.69. The minimum atomic E-state index is -2.91. The maximum Gasteiger partial charge on any atom is 0.191 e. The van der Waals surface area contributed by atoms with E-state index < -0.39 is 9.84 Å². The topological polar surface area (TPSA) is 73.8 Å². The molecule has 1 aliphatic rings.